The van der Waals surface area contributed by atoms with Crippen LogP contribution in [0.25, 0.3) is 0 Å². The van der Waals surface area contributed by atoms with Crippen LogP contribution < -0.4 is 10.2 Å². The van der Waals surface area contributed by atoms with Crippen LogP contribution in [-0.4, -0.2) is 30.2 Å². The minimum Gasteiger partial charge on any atom is -0.478 e. The number of carboxylic acid groups (broad SMARTS) is 1. The van der Waals surface area contributed by atoms with Gasteiger partial charge in [0.25, 0.3) is 0 Å². The van der Waals surface area contributed by atoms with Gasteiger partial charge in [-0.2, -0.15) is 0 Å². The Labute approximate surface area is 117 Å². The van der Waals surface area contributed by atoms with Gasteiger partial charge in [0, 0.05) is 37.4 Å². The molecule has 104 valence electrons. The van der Waals surface area contributed by atoms with Gasteiger partial charge < -0.3 is 15.3 Å². The smallest absolute Gasteiger partial charge is 0.339 e. The average molecular weight is 271 g/mol. The maximum absolute atomic E-state index is 11.2. The van der Waals surface area contributed by atoms with Gasteiger partial charge >= 0.3 is 5.97 Å². The molecule has 0 spiro atoms. The van der Waals surface area contributed by atoms with Crippen molar-refractivity contribution in [1.82, 2.24) is 4.98 Å². The summed E-state index contributed by atoms with van der Waals surface area (Å²) in [6, 6.07) is 9.49. The Morgan fingerprint density at radius 1 is 1.30 bits per heavy atom. The molecule has 0 unspecified atom stereocenters. The highest BCUT2D eigenvalue weighted by Gasteiger charge is 2.11. The fourth-order valence-corrected chi connectivity index (χ4v) is 1.85. The summed E-state index contributed by atoms with van der Waals surface area (Å²) in [5, 5.41) is 12.3. The summed E-state index contributed by atoms with van der Waals surface area (Å²) in [6.45, 7) is 1.83. The van der Waals surface area contributed by atoms with Crippen molar-refractivity contribution < 1.29 is 9.90 Å². The van der Waals surface area contributed by atoms with Gasteiger partial charge in [-0.25, -0.2) is 4.79 Å². The number of hydrogen-bond acceptors (Lipinski definition) is 4. The molecule has 0 saturated heterocycles. The minimum atomic E-state index is -0.997. The van der Waals surface area contributed by atoms with Crippen molar-refractivity contribution in [2.75, 3.05) is 24.3 Å². The molecule has 2 aromatic rings. The lowest BCUT2D eigenvalue weighted by molar-refractivity contribution is 0.0697. The third-order valence-electron chi connectivity index (χ3n) is 2.91. The van der Waals surface area contributed by atoms with Crippen LogP contribution in [0.4, 0.5) is 17.1 Å². The van der Waals surface area contributed by atoms with Gasteiger partial charge in [0.1, 0.15) is 5.56 Å². The lowest BCUT2D eigenvalue weighted by Crippen LogP contribution is -2.09. The number of rotatable bonds is 4. The van der Waals surface area contributed by atoms with Crippen LogP contribution in [0.5, 0.6) is 0 Å². The van der Waals surface area contributed by atoms with Crippen molar-refractivity contribution >= 4 is 23.0 Å². The highest BCUT2D eigenvalue weighted by Crippen LogP contribution is 2.24. The molecule has 1 aromatic carbocycles. The molecule has 0 aliphatic rings. The summed E-state index contributed by atoms with van der Waals surface area (Å²) in [7, 11) is 3.91. The molecule has 0 aliphatic carbocycles. The molecular formula is C15H17N3O2. The van der Waals surface area contributed by atoms with Crippen molar-refractivity contribution in [3.63, 3.8) is 0 Å². The lowest BCUT2D eigenvalue weighted by Gasteiger charge is -2.15. The van der Waals surface area contributed by atoms with Crippen LogP contribution in [0.1, 0.15) is 16.1 Å². The van der Waals surface area contributed by atoms with Crippen molar-refractivity contribution in [2.45, 2.75) is 6.92 Å². The number of nitrogens with one attached hydrogen (secondary N) is 1. The number of pyridine rings is 1. The standard InChI is InChI=1S/C15H17N3O2/c1-10-7-14(13(9-16-10)15(19)20)17-11-5-4-6-12(8-11)18(2)3/h4-9H,1-3H3,(H,16,17)(H,19,20). The second-order valence-corrected chi connectivity index (χ2v) is 4.75. The first kappa shape index (κ1) is 13.9. The molecule has 0 fully saturated rings. The Hall–Kier alpha value is -2.56. The zero-order valence-electron chi connectivity index (χ0n) is 11.7. The Balaban J connectivity index is 2.36. The van der Waals surface area contributed by atoms with Crippen molar-refractivity contribution in [1.29, 1.82) is 0 Å². The number of aromatic nitrogens is 1. The summed E-state index contributed by atoms with van der Waals surface area (Å²) < 4.78 is 0. The zero-order valence-corrected chi connectivity index (χ0v) is 11.7. The van der Waals surface area contributed by atoms with E-state index < -0.39 is 5.97 Å². The highest BCUT2D eigenvalue weighted by molar-refractivity contribution is 5.95. The molecule has 2 rings (SSSR count). The van der Waals surface area contributed by atoms with Crippen molar-refractivity contribution in [2.24, 2.45) is 0 Å². The first-order valence-corrected chi connectivity index (χ1v) is 6.21. The van der Waals surface area contributed by atoms with Gasteiger partial charge in [0.15, 0.2) is 0 Å². The zero-order chi connectivity index (χ0) is 14.7. The molecule has 1 heterocycles. The summed E-state index contributed by atoms with van der Waals surface area (Å²) in [5.74, 6) is -0.997. The van der Waals surface area contributed by atoms with Crippen LogP contribution in [0.2, 0.25) is 0 Å². The number of nitrogens with zero attached hydrogens (tertiary/aromatic N) is 2. The topological polar surface area (TPSA) is 65.5 Å². The first-order chi connectivity index (χ1) is 9.47. The number of carbonyl (C=O) groups is 1. The van der Waals surface area contributed by atoms with E-state index in [-0.39, 0.29) is 5.56 Å². The van der Waals surface area contributed by atoms with Gasteiger partial charge in [-0.1, -0.05) is 6.07 Å². The summed E-state index contributed by atoms with van der Waals surface area (Å²) in [6.07, 6.45) is 1.37. The summed E-state index contributed by atoms with van der Waals surface area (Å²) >= 11 is 0. The number of aromatic carboxylic acids is 1. The van der Waals surface area contributed by atoms with E-state index in [1.54, 1.807) is 6.07 Å². The monoisotopic (exact) mass is 271 g/mol. The number of aryl methyl sites for hydroxylation is 1. The van der Waals surface area contributed by atoms with Crippen LogP contribution in [-0.2, 0) is 0 Å². The van der Waals surface area contributed by atoms with Gasteiger partial charge in [0.2, 0.25) is 0 Å². The van der Waals surface area contributed by atoms with Gasteiger partial charge in [-0.15, -0.1) is 0 Å². The second-order valence-electron chi connectivity index (χ2n) is 4.75. The fraction of sp³-hybridized carbons (Fsp3) is 0.200. The van der Waals surface area contributed by atoms with Crippen LogP contribution in [0.3, 0.4) is 0 Å². The SMILES string of the molecule is Cc1cc(Nc2cccc(N(C)C)c2)c(C(=O)O)cn1. The number of anilines is 3. The van der Waals surface area contributed by atoms with E-state index in [0.29, 0.717) is 5.69 Å². The highest BCUT2D eigenvalue weighted by atomic mass is 16.4. The van der Waals surface area contributed by atoms with E-state index in [9.17, 15) is 9.90 Å². The molecule has 5 nitrogen and oxygen atoms in total. The third kappa shape index (κ3) is 3.06. The molecule has 0 saturated carbocycles. The van der Waals surface area contributed by atoms with Gasteiger partial charge in [-0.3, -0.25) is 4.98 Å². The molecule has 0 aliphatic heterocycles. The Bertz CT molecular complexity index is 639. The molecule has 0 radical (unpaired) electrons. The predicted octanol–water partition coefficient (Wildman–Crippen LogP) is 2.90. The second kappa shape index (κ2) is 5.61. The van der Waals surface area contributed by atoms with Crippen molar-refractivity contribution in [3.05, 3.63) is 47.8 Å². The predicted molar refractivity (Wildman–Crippen MR) is 80.0 cm³/mol. The Kier molecular flexibility index (Phi) is 3.89. The normalized spacial score (nSPS) is 10.2. The third-order valence-corrected chi connectivity index (χ3v) is 2.91. The van der Waals surface area contributed by atoms with Crippen LogP contribution in [0.15, 0.2) is 36.5 Å². The molecule has 0 amide bonds. The van der Waals surface area contributed by atoms with Crippen molar-refractivity contribution in [3.8, 4) is 0 Å². The molecule has 20 heavy (non-hydrogen) atoms. The van der Waals surface area contributed by atoms with E-state index in [2.05, 4.69) is 10.3 Å². The molecule has 0 bridgehead atoms. The quantitative estimate of drug-likeness (QED) is 0.895. The van der Waals surface area contributed by atoms with E-state index in [0.717, 1.165) is 17.1 Å². The number of carboxylic acids is 1. The van der Waals surface area contributed by atoms with E-state index in [1.807, 2.05) is 50.2 Å². The van der Waals surface area contributed by atoms with E-state index in [4.69, 9.17) is 0 Å². The molecule has 0 atom stereocenters. The number of benzene rings is 1. The van der Waals surface area contributed by atoms with Gasteiger partial charge in [-0.05, 0) is 31.2 Å². The molecule has 2 N–H and O–H groups in total. The first-order valence-electron chi connectivity index (χ1n) is 6.21. The lowest BCUT2D eigenvalue weighted by atomic mass is 10.2. The maximum Gasteiger partial charge on any atom is 0.339 e. The van der Waals surface area contributed by atoms with E-state index >= 15 is 0 Å². The number of hydrogen-bond donors (Lipinski definition) is 2. The van der Waals surface area contributed by atoms with Crippen LogP contribution in [0, 0.1) is 6.92 Å². The molecule has 1 aromatic heterocycles. The molecule has 5 heteroatoms. The van der Waals surface area contributed by atoms with E-state index in [1.165, 1.54) is 6.20 Å². The fourth-order valence-electron chi connectivity index (χ4n) is 1.85. The maximum atomic E-state index is 11.2. The van der Waals surface area contributed by atoms with Gasteiger partial charge in [0.05, 0.1) is 5.69 Å². The summed E-state index contributed by atoms with van der Waals surface area (Å²) in [5.41, 5.74) is 3.34. The molecular weight excluding hydrogens is 254 g/mol. The Morgan fingerprint density at radius 2 is 2.05 bits per heavy atom. The minimum absolute atomic E-state index is 0.158. The summed E-state index contributed by atoms with van der Waals surface area (Å²) in [4.78, 5) is 17.2. The largest absolute Gasteiger partial charge is 0.478 e. The average Bonchev–Trinajstić information content (AvgIpc) is 2.38. The van der Waals surface area contributed by atoms with Crippen LogP contribution >= 0.6 is 0 Å². The Morgan fingerprint density at radius 3 is 2.70 bits per heavy atom.